The molecule has 3 amide bonds. The van der Waals surface area contributed by atoms with Gasteiger partial charge in [-0.05, 0) is 25.0 Å². The predicted octanol–water partition coefficient (Wildman–Crippen LogP) is 2.89. The lowest BCUT2D eigenvalue weighted by Gasteiger charge is -2.26. The van der Waals surface area contributed by atoms with Crippen molar-refractivity contribution >= 4 is 11.9 Å². The number of hydrogen-bond acceptors (Lipinski definition) is 3. The molecule has 2 rings (SSSR count). The van der Waals surface area contributed by atoms with Crippen molar-refractivity contribution < 1.29 is 23.5 Å². The van der Waals surface area contributed by atoms with E-state index in [1.165, 1.54) is 6.07 Å². The Bertz CT molecular complexity index is 610. The lowest BCUT2D eigenvalue weighted by atomic mass is 9.88. The molecule has 7 heteroatoms. The first kappa shape index (κ1) is 18.3. The van der Waals surface area contributed by atoms with Crippen LogP contribution in [-0.4, -0.2) is 34.0 Å². The zero-order chi connectivity index (χ0) is 17.9. The van der Waals surface area contributed by atoms with Crippen molar-refractivity contribution in [1.82, 2.24) is 10.2 Å². The fourth-order valence-electron chi connectivity index (χ4n) is 3.25. The van der Waals surface area contributed by atoms with Crippen LogP contribution >= 0.6 is 0 Å². The van der Waals surface area contributed by atoms with Gasteiger partial charge in [0, 0.05) is 0 Å². The van der Waals surface area contributed by atoms with Crippen molar-refractivity contribution in [3.63, 3.8) is 0 Å². The zero-order valence-electron chi connectivity index (χ0n) is 13.8. The quantitative estimate of drug-likeness (QED) is 0.750. The lowest BCUT2D eigenvalue weighted by Crippen LogP contribution is -2.47. The summed E-state index contributed by atoms with van der Waals surface area (Å²) in [6.07, 6.45) is 0.729. The van der Waals surface area contributed by atoms with Gasteiger partial charge in [0.2, 0.25) is 0 Å². The van der Waals surface area contributed by atoms with Gasteiger partial charge in [0.05, 0.1) is 12.1 Å². The molecule has 1 unspecified atom stereocenters. The number of hydrogen-bond donors (Lipinski definition) is 2. The number of nitrogens with one attached hydrogen (secondary N) is 1. The smallest absolute Gasteiger partial charge is 0.325 e. The molecule has 1 aromatic carbocycles. The highest BCUT2D eigenvalue weighted by molar-refractivity contribution is 6.07. The fraction of sp³-hybridized carbons (Fsp3) is 0.529. The molecule has 1 fully saturated rings. The van der Waals surface area contributed by atoms with Gasteiger partial charge in [0.25, 0.3) is 5.91 Å². The van der Waals surface area contributed by atoms with E-state index in [9.17, 15) is 23.5 Å². The molecule has 0 spiro atoms. The third-order valence-corrected chi connectivity index (χ3v) is 4.29. The van der Waals surface area contributed by atoms with Crippen molar-refractivity contribution in [2.24, 2.45) is 0 Å². The van der Waals surface area contributed by atoms with Crippen LogP contribution in [-0.2, 0) is 4.79 Å². The van der Waals surface area contributed by atoms with Gasteiger partial charge in [0.1, 0.15) is 23.3 Å². The minimum Gasteiger partial charge on any atom is -0.386 e. The number of amides is 3. The van der Waals surface area contributed by atoms with Gasteiger partial charge < -0.3 is 10.4 Å². The number of carbonyl (C=O) groups is 2. The van der Waals surface area contributed by atoms with E-state index in [1.54, 1.807) is 0 Å². The Hall–Kier alpha value is -2.02. The van der Waals surface area contributed by atoms with Gasteiger partial charge >= 0.3 is 6.03 Å². The van der Waals surface area contributed by atoms with Gasteiger partial charge in [-0.15, -0.1) is 0 Å². The Morgan fingerprint density at radius 1 is 1.17 bits per heavy atom. The Balaban J connectivity index is 2.23. The first-order valence-electron chi connectivity index (χ1n) is 8.12. The second-order valence-electron chi connectivity index (χ2n) is 6.08. The molecule has 0 radical (unpaired) electrons. The highest BCUT2D eigenvalue weighted by Crippen LogP contribution is 2.30. The molecule has 1 aliphatic heterocycles. The summed E-state index contributed by atoms with van der Waals surface area (Å²) in [5.41, 5.74) is -1.53. The third kappa shape index (κ3) is 3.26. The van der Waals surface area contributed by atoms with Crippen LogP contribution in [0.3, 0.4) is 0 Å². The third-order valence-electron chi connectivity index (χ3n) is 4.29. The minimum absolute atomic E-state index is 0.452. The van der Waals surface area contributed by atoms with Crippen molar-refractivity contribution in [1.29, 1.82) is 0 Å². The van der Waals surface area contributed by atoms with E-state index in [0.717, 1.165) is 17.0 Å². The van der Waals surface area contributed by atoms with Crippen LogP contribution < -0.4 is 5.32 Å². The van der Waals surface area contributed by atoms with Crippen LogP contribution in [0.15, 0.2) is 18.2 Å². The van der Waals surface area contributed by atoms with E-state index in [4.69, 9.17) is 0 Å². The molecule has 0 aliphatic carbocycles. The van der Waals surface area contributed by atoms with Crippen LogP contribution in [0.25, 0.3) is 0 Å². The highest BCUT2D eigenvalue weighted by atomic mass is 19.1. The average Bonchev–Trinajstić information content (AvgIpc) is 2.72. The van der Waals surface area contributed by atoms with E-state index in [1.807, 2.05) is 13.8 Å². The maximum Gasteiger partial charge on any atom is 0.325 e. The van der Waals surface area contributed by atoms with Crippen molar-refractivity contribution in [3.8, 4) is 0 Å². The molecule has 5 nitrogen and oxygen atoms in total. The topological polar surface area (TPSA) is 69.6 Å². The Morgan fingerprint density at radius 3 is 2.21 bits per heavy atom. The molecule has 1 atom stereocenters. The number of aliphatic hydroxyl groups is 1. The van der Waals surface area contributed by atoms with E-state index in [2.05, 4.69) is 5.32 Å². The van der Waals surface area contributed by atoms with Crippen LogP contribution in [0.1, 0.15) is 51.2 Å². The van der Waals surface area contributed by atoms with E-state index in [-0.39, 0.29) is 0 Å². The van der Waals surface area contributed by atoms with Crippen LogP contribution in [0.2, 0.25) is 0 Å². The molecule has 0 aromatic heterocycles. The molecule has 1 heterocycles. The monoisotopic (exact) mass is 340 g/mol. The van der Waals surface area contributed by atoms with Gasteiger partial charge in [-0.2, -0.15) is 0 Å². The number of urea groups is 1. The van der Waals surface area contributed by atoms with Crippen LogP contribution in [0.4, 0.5) is 13.6 Å². The SMILES string of the molecule is CCCC1(CCC)NC(=O)N(CC(O)c2c(F)cccc2F)C1=O. The zero-order valence-corrected chi connectivity index (χ0v) is 13.8. The lowest BCUT2D eigenvalue weighted by molar-refractivity contribution is -0.132. The van der Waals surface area contributed by atoms with E-state index >= 15 is 0 Å². The summed E-state index contributed by atoms with van der Waals surface area (Å²) in [7, 11) is 0. The van der Waals surface area contributed by atoms with E-state index < -0.39 is 47.3 Å². The summed E-state index contributed by atoms with van der Waals surface area (Å²) in [4.78, 5) is 25.7. The number of halogens is 2. The molecule has 0 bridgehead atoms. The van der Waals surface area contributed by atoms with Gasteiger partial charge in [-0.25, -0.2) is 13.6 Å². The van der Waals surface area contributed by atoms with E-state index in [0.29, 0.717) is 25.7 Å². The number of benzene rings is 1. The van der Waals surface area contributed by atoms with Crippen LogP contribution in [0.5, 0.6) is 0 Å². The maximum absolute atomic E-state index is 13.8. The second-order valence-corrected chi connectivity index (χ2v) is 6.08. The molecule has 24 heavy (non-hydrogen) atoms. The minimum atomic E-state index is -1.63. The summed E-state index contributed by atoms with van der Waals surface area (Å²) in [6.45, 7) is 3.32. The Kier molecular flexibility index (Phi) is 5.54. The molecule has 132 valence electrons. The number of rotatable bonds is 7. The number of β-amino-alcohol motifs (C(OH)–C–C–N with tert-alkyl or cyclic N) is 1. The number of aliphatic hydroxyl groups excluding tert-OH is 1. The predicted molar refractivity (Wildman–Crippen MR) is 84.1 cm³/mol. The molecule has 2 N–H and O–H groups in total. The molecular formula is C17H22F2N2O3. The van der Waals surface area contributed by atoms with Gasteiger partial charge in [-0.3, -0.25) is 9.69 Å². The Morgan fingerprint density at radius 2 is 1.71 bits per heavy atom. The molecule has 1 saturated heterocycles. The summed E-state index contributed by atoms with van der Waals surface area (Å²) >= 11 is 0. The number of carbonyl (C=O) groups excluding carboxylic acids is 2. The van der Waals surface area contributed by atoms with Gasteiger partial charge in [-0.1, -0.05) is 32.8 Å². The normalized spacial score (nSPS) is 18.0. The fourth-order valence-corrected chi connectivity index (χ4v) is 3.25. The first-order valence-corrected chi connectivity index (χ1v) is 8.12. The van der Waals surface area contributed by atoms with Crippen LogP contribution in [0, 0.1) is 11.6 Å². The van der Waals surface area contributed by atoms with Gasteiger partial charge in [0.15, 0.2) is 0 Å². The highest BCUT2D eigenvalue weighted by Gasteiger charge is 2.50. The molecular weight excluding hydrogens is 318 g/mol. The average molecular weight is 340 g/mol. The molecule has 0 saturated carbocycles. The summed E-state index contributed by atoms with van der Waals surface area (Å²) in [5.74, 6) is -2.28. The standard InChI is InChI=1S/C17H22F2N2O3/c1-3-8-17(9-4-2)15(23)21(16(24)20-17)10-13(22)14-11(18)6-5-7-12(14)19/h5-7,13,22H,3-4,8-10H2,1-2H3,(H,20,24). The van der Waals surface area contributed by atoms with Crippen molar-refractivity contribution in [2.75, 3.05) is 6.54 Å². The molecule has 1 aromatic rings. The maximum atomic E-state index is 13.8. The first-order chi connectivity index (χ1) is 11.4. The molecule has 1 aliphatic rings. The summed E-state index contributed by atoms with van der Waals surface area (Å²) in [5, 5.41) is 12.8. The summed E-state index contributed by atoms with van der Waals surface area (Å²) in [6, 6.07) is 2.58. The largest absolute Gasteiger partial charge is 0.386 e. The second kappa shape index (κ2) is 7.25. The summed E-state index contributed by atoms with van der Waals surface area (Å²) < 4.78 is 27.5. The number of nitrogens with zero attached hydrogens (tertiary/aromatic N) is 1. The van der Waals surface area contributed by atoms with Crippen molar-refractivity contribution in [2.45, 2.75) is 51.2 Å². The Labute approximate surface area is 139 Å². The number of imide groups is 1. The van der Waals surface area contributed by atoms with Crippen molar-refractivity contribution in [3.05, 3.63) is 35.4 Å².